The molecule has 1 aromatic heterocycles. The fourth-order valence-corrected chi connectivity index (χ4v) is 2.57. The van der Waals surface area contributed by atoms with Crippen molar-refractivity contribution in [2.24, 2.45) is 0 Å². The molecule has 0 saturated carbocycles. The van der Waals surface area contributed by atoms with Gasteiger partial charge in [0.1, 0.15) is 0 Å². The third-order valence-electron chi connectivity index (χ3n) is 2.83. The Morgan fingerprint density at radius 1 is 1.37 bits per heavy atom. The van der Waals surface area contributed by atoms with E-state index in [1.165, 1.54) is 12.0 Å². The summed E-state index contributed by atoms with van der Waals surface area (Å²) in [5.41, 5.74) is 7.55. The SMILES string of the molecule is COC(=O)c1cccc(N)c1NC(C)c1cccs1. The lowest BCUT2D eigenvalue weighted by molar-refractivity contribution is 0.0602. The number of carbonyl (C=O) groups excluding carboxylic acids is 1. The van der Waals surface area contributed by atoms with Gasteiger partial charge in [-0.1, -0.05) is 12.1 Å². The van der Waals surface area contributed by atoms with Crippen LogP contribution in [0.4, 0.5) is 11.4 Å². The van der Waals surface area contributed by atoms with Crippen LogP contribution in [-0.4, -0.2) is 13.1 Å². The Kier molecular flexibility index (Phi) is 4.06. The van der Waals surface area contributed by atoms with Crippen molar-refractivity contribution in [3.05, 3.63) is 46.2 Å². The van der Waals surface area contributed by atoms with Gasteiger partial charge in [-0.2, -0.15) is 0 Å². The van der Waals surface area contributed by atoms with Crippen LogP contribution in [0.5, 0.6) is 0 Å². The van der Waals surface area contributed by atoms with Crippen molar-refractivity contribution >= 4 is 28.7 Å². The minimum absolute atomic E-state index is 0.0770. The molecule has 1 unspecified atom stereocenters. The van der Waals surface area contributed by atoms with Gasteiger partial charge in [0.25, 0.3) is 0 Å². The monoisotopic (exact) mass is 276 g/mol. The van der Waals surface area contributed by atoms with E-state index in [0.717, 1.165) is 0 Å². The molecule has 2 rings (SSSR count). The normalized spacial score (nSPS) is 11.9. The number of ether oxygens (including phenoxy) is 1. The van der Waals surface area contributed by atoms with Crippen LogP contribution in [0.15, 0.2) is 35.7 Å². The first-order valence-electron chi connectivity index (χ1n) is 5.90. The summed E-state index contributed by atoms with van der Waals surface area (Å²) in [6.45, 7) is 2.03. The maximum atomic E-state index is 11.7. The molecule has 4 nitrogen and oxygen atoms in total. The minimum atomic E-state index is -0.395. The third-order valence-corrected chi connectivity index (χ3v) is 3.89. The van der Waals surface area contributed by atoms with E-state index < -0.39 is 5.97 Å². The molecule has 1 atom stereocenters. The van der Waals surface area contributed by atoms with Crippen LogP contribution in [0, 0.1) is 0 Å². The second-order valence-electron chi connectivity index (χ2n) is 4.14. The largest absolute Gasteiger partial charge is 0.465 e. The van der Waals surface area contributed by atoms with Crippen molar-refractivity contribution in [1.29, 1.82) is 0 Å². The predicted molar refractivity (Wildman–Crippen MR) is 78.6 cm³/mol. The molecule has 0 aliphatic heterocycles. The summed E-state index contributed by atoms with van der Waals surface area (Å²) in [7, 11) is 1.36. The summed E-state index contributed by atoms with van der Waals surface area (Å²) >= 11 is 1.66. The maximum Gasteiger partial charge on any atom is 0.340 e. The number of hydrogen-bond acceptors (Lipinski definition) is 5. The highest BCUT2D eigenvalue weighted by atomic mass is 32.1. The molecule has 0 aliphatic rings. The van der Waals surface area contributed by atoms with E-state index in [4.69, 9.17) is 10.5 Å². The molecule has 0 fully saturated rings. The Balaban J connectivity index is 2.31. The summed E-state index contributed by atoms with van der Waals surface area (Å²) < 4.78 is 4.77. The molecule has 2 aromatic rings. The number of nitrogens with one attached hydrogen (secondary N) is 1. The van der Waals surface area contributed by atoms with Gasteiger partial charge < -0.3 is 15.8 Å². The number of rotatable bonds is 4. The maximum absolute atomic E-state index is 11.7. The summed E-state index contributed by atoms with van der Waals surface area (Å²) in [4.78, 5) is 12.9. The minimum Gasteiger partial charge on any atom is -0.465 e. The zero-order valence-corrected chi connectivity index (χ0v) is 11.7. The Morgan fingerprint density at radius 3 is 2.79 bits per heavy atom. The lowest BCUT2D eigenvalue weighted by atomic mass is 10.1. The zero-order valence-electron chi connectivity index (χ0n) is 10.8. The Bertz CT molecular complexity index is 567. The van der Waals surface area contributed by atoms with E-state index in [9.17, 15) is 4.79 Å². The number of benzene rings is 1. The summed E-state index contributed by atoms with van der Waals surface area (Å²) in [5.74, 6) is -0.395. The Morgan fingerprint density at radius 2 is 2.16 bits per heavy atom. The lowest BCUT2D eigenvalue weighted by Crippen LogP contribution is -2.12. The van der Waals surface area contributed by atoms with Gasteiger partial charge >= 0.3 is 5.97 Å². The van der Waals surface area contributed by atoms with Crippen molar-refractivity contribution in [2.45, 2.75) is 13.0 Å². The molecule has 100 valence electrons. The number of nitrogen functional groups attached to an aromatic ring is 1. The zero-order chi connectivity index (χ0) is 13.8. The van der Waals surface area contributed by atoms with Crippen LogP contribution in [0.3, 0.4) is 0 Å². The molecule has 1 heterocycles. The number of nitrogens with two attached hydrogens (primary N) is 1. The molecule has 5 heteroatoms. The number of thiophene rings is 1. The highest BCUT2D eigenvalue weighted by Gasteiger charge is 2.16. The second-order valence-corrected chi connectivity index (χ2v) is 5.12. The number of methoxy groups -OCH3 is 1. The molecular formula is C14H16N2O2S. The molecule has 0 spiro atoms. The highest BCUT2D eigenvalue weighted by Crippen LogP contribution is 2.29. The van der Waals surface area contributed by atoms with Crippen molar-refractivity contribution in [3.63, 3.8) is 0 Å². The van der Waals surface area contributed by atoms with Crippen molar-refractivity contribution in [1.82, 2.24) is 0 Å². The molecule has 0 aliphatic carbocycles. The van der Waals surface area contributed by atoms with E-state index in [0.29, 0.717) is 16.9 Å². The van der Waals surface area contributed by atoms with Crippen molar-refractivity contribution in [3.8, 4) is 0 Å². The van der Waals surface area contributed by atoms with Crippen LogP contribution in [0.2, 0.25) is 0 Å². The molecule has 1 aromatic carbocycles. The van der Waals surface area contributed by atoms with Gasteiger partial charge in [0.15, 0.2) is 0 Å². The standard InChI is InChI=1S/C14H16N2O2S/c1-9(12-7-4-8-19-12)16-13-10(14(17)18-2)5-3-6-11(13)15/h3-9,16H,15H2,1-2H3. The molecule has 3 N–H and O–H groups in total. The van der Waals surface area contributed by atoms with Gasteiger partial charge in [-0.05, 0) is 30.5 Å². The topological polar surface area (TPSA) is 64.3 Å². The molecule has 0 bridgehead atoms. The van der Waals surface area contributed by atoms with Crippen molar-refractivity contribution < 1.29 is 9.53 Å². The average molecular weight is 276 g/mol. The Labute approximate surface area is 116 Å². The van der Waals surface area contributed by atoms with Crippen LogP contribution in [0.1, 0.15) is 28.2 Å². The lowest BCUT2D eigenvalue weighted by Gasteiger charge is -2.18. The van der Waals surface area contributed by atoms with E-state index in [1.807, 2.05) is 24.4 Å². The second kappa shape index (κ2) is 5.75. The summed E-state index contributed by atoms with van der Waals surface area (Å²) in [6.07, 6.45) is 0. The van der Waals surface area contributed by atoms with Gasteiger partial charge in [0, 0.05) is 4.88 Å². The number of esters is 1. The van der Waals surface area contributed by atoms with Crippen LogP contribution < -0.4 is 11.1 Å². The molecule has 0 amide bonds. The summed E-state index contributed by atoms with van der Waals surface area (Å²) in [6, 6.07) is 9.31. The number of hydrogen-bond donors (Lipinski definition) is 2. The third kappa shape index (κ3) is 2.88. The van der Waals surface area contributed by atoms with Gasteiger partial charge in [-0.25, -0.2) is 4.79 Å². The first-order chi connectivity index (χ1) is 9.13. The van der Waals surface area contributed by atoms with Gasteiger partial charge in [0.05, 0.1) is 30.1 Å². The quantitative estimate of drug-likeness (QED) is 0.664. The van der Waals surface area contributed by atoms with Gasteiger partial charge in [0.2, 0.25) is 0 Å². The van der Waals surface area contributed by atoms with E-state index in [1.54, 1.807) is 29.5 Å². The van der Waals surface area contributed by atoms with E-state index >= 15 is 0 Å². The first kappa shape index (κ1) is 13.4. The fraction of sp³-hybridized carbons (Fsp3) is 0.214. The average Bonchev–Trinajstić information content (AvgIpc) is 2.94. The summed E-state index contributed by atoms with van der Waals surface area (Å²) in [5, 5.41) is 5.30. The van der Waals surface area contributed by atoms with Crippen LogP contribution >= 0.6 is 11.3 Å². The first-order valence-corrected chi connectivity index (χ1v) is 6.78. The highest BCUT2D eigenvalue weighted by molar-refractivity contribution is 7.10. The van der Waals surface area contributed by atoms with Crippen LogP contribution in [-0.2, 0) is 4.74 Å². The predicted octanol–water partition coefficient (Wildman–Crippen LogP) is 3.29. The van der Waals surface area contributed by atoms with Crippen molar-refractivity contribution in [2.75, 3.05) is 18.2 Å². The Hall–Kier alpha value is -2.01. The molecule has 0 saturated heterocycles. The smallest absolute Gasteiger partial charge is 0.340 e. The number of para-hydroxylation sites is 1. The number of anilines is 2. The van der Waals surface area contributed by atoms with Gasteiger partial charge in [-0.15, -0.1) is 11.3 Å². The molecular weight excluding hydrogens is 260 g/mol. The molecule has 19 heavy (non-hydrogen) atoms. The van der Waals surface area contributed by atoms with Gasteiger partial charge in [-0.3, -0.25) is 0 Å². The molecule has 0 radical (unpaired) electrons. The fourth-order valence-electron chi connectivity index (χ4n) is 1.84. The van der Waals surface area contributed by atoms with Crippen LogP contribution in [0.25, 0.3) is 0 Å². The number of carbonyl (C=O) groups is 1. The van der Waals surface area contributed by atoms with E-state index in [-0.39, 0.29) is 6.04 Å². The van der Waals surface area contributed by atoms with E-state index in [2.05, 4.69) is 5.32 Å².